The maximum atomic E-state index is 13.0. The van der Waals surface area contributed by atoms with E-state index < -0.39 is 0 Å². The second-order valence-corrected chi connectivity index (χ2v) is 6.77. The van der Waals surface area contributed by atoms with E-state index in [-0.39, 0.29) is 18.1 Å². The molecule has 3 aromatic rings. The molecule has 0 bridgehead atoms. The maximum Gasteiger partial charge on any atom is 0.232 e. The molecule has 0 unspecified atom stereocenters. The van der Waals surface area contributed by atoms with E-state index in [1.54, 1.807) is 42.0 Å². The van der Waals surface area contributed by atoms with Gasteiger partial charge in [-0.15, -0.1) is 10.2 Å². The number of benzene rings is 2. The third-order valence-electron chi connectivity index (χ3n) is 3.88. The Balaban J connectivity index is 1.59. The third kappa shape index (κ3) is 5.07. The molecule has 140 valence electrons. The second-order valence-electron chi connectivity index (χ2n) is 5.83. The minimum absolute atomic E-state index is 0.109. The molecule has 1 N–H and O–H groups in total. The number of nitrogens with one attached hydrogen (secondary N) is 1. The van der Waals surface area contributed by atoms with Gasteiger partial charge in [-0.25, -0.2) is 4.39 Å². The van der Waals surface area contributed by atoms with Crippen molar-refractivity contribution in [1.29, 1.82) is 0 Å². The van der Waals surface area contributed by atoms with Crippen molar-refractivity contribution in [2.45, 2.75) is 17.3 Å². The Morgan fingerprint density at radius 1 is 1.22 bits per heavy atom. The van der Waals surface area contributed by atoms with Gasteiger partial charge in [0.2, 0.25) is 5.91 Å². The van der Waals surface area contributed by atoms with Gasteiger partial charge in [-0.1, -0.05) is 30.0 Å². The Morgan fingerprint density at radius 3 is 2.74 bits per heavy atom. The number of hydrogen-bond acceptors (Lipinski definition) is 5. The Morgan fingerprint density at radius 2 is 2.00 bits per heavy atom. The predicted octanol–water partition coefficient (Wildman–Crippen LogP) is 3.44. The summed E-state index contributed by atoms with van der Waals surface area (Å²) in [5.41, 5.74) is 1.65. The van der Waals surface area contributed by atoms with E-state index in [0.29, 0.717) is 28.2 Å². The van der Waals surface area contributed by atoms with Crippen LogP contribution in [0.5, 0.6) is 5.75 Å². The van der Waals surface area contributed by atoms with Gasteiger partial charge in [-0.3, -0.25) is 4.79 Å². The van der Waals surface area contributed by atoms with E-state index in [2.05, 4.69) is 15.5 Å². The molecule has 1 heterocycles. The summed E-state index contributed by atoms with van der Waals surface area (Å²) in [5, 5.41) is 11.8. The van der Waals surface area contributed by atoms with Crippen LogP contribution in [0.2, 0.25) is 0 Å². The number of carbonyl (C=O) groups is 1. The van der Waals surface area contributed by atoms with Gasteiger partial charge in [-0.05, 0) is 29.8 Å². The molecule has 0 spiro atoms. The Bertz CT molecular complexity index is 928. The van der Waals surface area contributed by atoms with Crippen LogP contribution < -0.4 is 10.1 Å². The van der Waals surface area contributed by atoms with Crippen molar-refractivity contribution in [2.24, 2.45) is 7.05 Å². The summed E-state index contributed by atoms with van der Waals surface area (Å²) in [6.45, 7) is 0. The van der Waals surface area contributed by atoms with Crippen LogP contribution in [0.25, 0.3) is 0 Å². The summed E-state index contributed by atoms with van der Waals surface area (Å²) in [6, 6.07) is 13.5. The fraction of sp³-hybridized carbons (Fsp3) is 0.211. The van der Waals surface area contributed by atoms with Gasteiger partial charge in [0.25, 0.3) is 0 Å². The minimum Gasteiger partial charge on any atom is -0.497 e. The number of ether oxygens (including phenoxy) is 1. The number of amides is 1. The van der Waals surface area contributed by atoms with Crippen molar-refractivity contribution in [3.8, 4) is 5.75 Å². The minimum atomic E-state index is -0.258. The lowest BCUT2D eigenvalue weighted by molar-refractivity contribution is -0.115. The average Bonchev–Trinajstić information content (AvgIpc) is 3.01. The van der Waals surface area contributed by atoms with Crippen LogP contribution in [0.15, 0.2) is 53.7 Å². The van der Waals surface area contributed by atoms with Gasteiger partial charge < -0.3 is 14.6 Å². The Hall–Kier alpha value is -2.87. The van der Waals surface area contributed by atoms with E-state index >= 15 is 0 Å². The lowest BCUT2D eigenvalue weighted by Gasteiger charge is -2.07. The summed E-state index contributed by atoms with van der Waals surface area (Å²) in [4.78, 5) is 12.3. The molecule has 27 heavy (non-hydrogen) atoms. The molecule has 2 aromatic carbocycles. The quantitative estimate of drug-likeness (QED) is 0.630. The van der Waals surface area contributed by atoms with Gasteiger partial charge in [0.1, 0.15) is 17.4 Å². The van der Waals surface area contributed by atoms with Crippen molar-refractivity contribution in [3.63, 3.8) is 0 Å². The summed E-state index contributed by atoms with van der Waals surface area (Å²) in [6.07, 6.45) is 0.109. The van der Waals surface area contributed by atoms with Crippen LogP contribution in [0.4, 0.5) is 10.1 Å². The molecule has 0 aliphatic heterocycles. The van der Waals surface area contributed by atoms with E-state index in [4.69, 9.17) is 4.74 Å². The molecule has 6 nitrogen and oxygen atoms in total. The first-order valence-electron chi connectivity index (χ1n) is 8.24. The number of aromatic nitrogens is 3. The van der Waals surface area contributed by atoms with Crippen LogP contribution in [0, 0.1) is 5.82 Å². The number of methoxy groups -OCH3 is 1. The number of hydrogen-bond donors (Lipinski definition) is 1. The molecule has 3 rings (SSSR count). The van der Waals surface area contributed by atoms with Crippen molar-refractivity contribution in [2.75, 3.05) is 12.4 Å². The molecule has 0 radical (unpaired) electrons. The van der Waals surface area contributed by atoms with Crippen LogP contribution in [-0.4, -0.2) is 27.8 Å². The highest BCUT2D eigenvalue weighted by atomic mass is 32.2. The molecule has 0 atom stereocenters. The first-order valence-corrected chi connectivity index (χ1v) is 9.23. The SMILES string of the molecule is COc1cccc(NC(=O)Cc2nnc(SCc3ccc(F)cc3)n2C)c1. The third-order valence-corrected chi connectivity index (χ3v) is 4.97. The van der Waals surface area contributed by atoms with Gasteiger partial charge in [0.05, 0.1) is 13.5 Å². The number of thioether (sulfide) groups is 1. The number of rotatable bonds is 7. The molecular weight excluding hydrogens is 367 g/mol. The molecule has 1 aromatic heterocycles. The number of anilines is 1. The van der Waals surface area contributed by atoms with Crippen LogP contribution >= 0.6 is 11.8 Å². The summed E-state index contributed by atoms with van der Waals surface area (Å²) in [5.74, 6) is 1.44. The summed E-state index contributed by atoms with van der Waals surface area (Å²) >= 11 is 1.48. The summed E-state index contributed by atoms with van der Waals surface area (Å²) < 4.78 is 19.9. The molecule has 0 saturated heterocycles. The van der Waals surface area contributed by atoms with Gasteiger partial charge in [0, 0.05) is 24.6 Å². The number of halogens is 1. The molecule has 8 heteroatoms. The van der Waals surface area contributed by atoms with Gasteiger partial charge in [0.15, 0.2) is 5.16 Å². The van der Waals surface area contributed by atoms with Crippen molar-refractivity contribution in [1.82, 2.24) is 14.8 Å². The second kappa shape index (κ2) is 8.68. The molecule has 0 saturated carbocycles. The zero-order valence-electron chi connectivity index (χ0n) is 15.0. The lowest BCUT2D eigenvalue weighted by atomic mass is 10.2. The molecule has 0 aliphatic rings. The van der Waals surface area contributed by atoms with Crippen molar-refractivity contribution < 1.29 is 13.9 Å². The molecule has 0 fully saturated rings. The fourth-order valence-electron chi connectivity index (χ4n) is 2.40. The Kier molecular flexibility index (Phi) is 6.08. The fourth-order valence-corrected chi connectivity index (χ4v) is 3.29. The van der Waals surface area contributed by atoms with Crippen LogP contribution in [0.3, 0.4) is 0 Å². The normalized spacial score (nSPS) is 10.6. The summed E-state index contributed by atoms with van der Waals surface area (Å²) in [7, 11) is 3.40. The molecule has 0 aliphatic carbocycles. The topological polar surface area (TPSA) is 69.0 Å². The van der Waals surface area contributed by atoms with Crippen LogP contribution in [0.1, 0.15) is 11.4 Å². The van der Waals surface area contributed by atoms with Gasteiger partial charge >= 0.3 is 0 Å². The lowest BCUT2D eigenvalue weighted by Crippen LogP contribution is -2.17. The average molecular weight is 386 g/mol. The zero-order valence-corrected chi connectivity index (χ0v) is 15.8. The first kappa shape index (κ1) is 18.9. The predicted molar refractivity (Wildman–Crippen MR) is 102 cm³/mol. The zero-order chi connectivity index (χ0) is 19.2. The first-order chi connectivity index (χ1) is 13.0. The van der Waals surface area contributed by atoms with Crippen molar-refractivity contribution in [3.05, 3.63) is 65.7 Å². The van der Waals surface area contributed by atoms with E-state index in [0.717, 1.165) is 5.56 Å². The number of nitrogens with zero attached hydrogens (tertiary/aromatic N) is 3. The van der Waals surface area contributed by atoms with Crippen molar-refractivity contribution >= 4 is 23.4 Å². The van der Waals surface area contributed by atoms with Gasteiger partial charge in [-0.2, -0.15) is 0 Å². The standard InChI is InChI=1S/C19H19FN4O2S/c1-24-17(11-18(25)21-15-4-3-5-16(10-15)26-2)22-23-19(24)27-12-13-6-8-14(20)9-7-13/h3-10H,11-12H2,1-2H3,(H,21,25). The van der Waals surface area contributed by atoms with E-state index in [9.17, 15) is 9.18 Å². The van der Waals surface area contributed by atoms with E-state index in [1.165, 1.54) is 23.9 Å². The molecule has 1 amide bonds. The maximum absolute atomic E-state index is 13.0. The Labute approximate surface area is 160 Å². The molecular formula is C19H19FN4O2S. The highest BCUT2D eigenvalue weighted by molar-refractivity contribution is 7.98. The highest BCUT2D eigenvalue weighted by Gasteiger charge is 2.13. The highest BCUT2D eigenvalue weighted by Crippen LogP contribution is 2.22. The van der Waals surface area contributed by atoms with E-state index in [1.807, 2.05) is 13.1 Å². The largest absolute Gasteiger partial charge is 0.497 e. The number of carbonyl (C=O) groups excluding carboxylic acids is 1. The monoisotopic (exact) mass is 386 g/mol. The smallest absolute Gasteiger partial charge is 0.232 e. The van der Waals surface area contributed by atoms with Crippen LogP contribution in [-0.2, 0) is 24.0 Å².